The number of phosphoric ester groups is 2. The van der Waals surface area contributed by atoms with Crippen molar-refractivity contribution < 1.29 is 80.2 Å². The van der Waals surface area contributed by atoms with Crippen LogP contribution in [0.25, 0.3) is 0 Å². The number of phosphoric acid groups is 2. The minimum absolute atomic E-state index is 0.103. The first kappa shape index (κ1) is 76.1. The number of esters is 4. The van der Waals surface area contributed by atoms with Crippen LogP contribution in [0.5, 0.6) is 0 Å². The molecule has 0 aliphatic rings. The quantitative estimate of drug-likeness (QED) is 0.0222. The number of aliphatic hydroxyl groups excluding tert-OH is 1. The fraction of sp³-hybridized carbons (Fsp3) is 0.932. The Morgan fingerprint density at radius 3 is 0.974 bits per heavy atom. The van der Waals surface area contributed by atoms with Gasteiger partial charge in [0.15, 0.2) is 12.2 Å². The first-order chi connectivity index (χ1) is 37.4. The van der Waals surface area contributed by atoms with Gasteiger partial charge >= 0.3 is 39.5 Å². The number of unbranched alkanes of at least 4 members (excludes halogenated alkanes) is 27. The molecule has 0 spiro atoms. The van der Waals surface area contributed by atoms with E-state index in [9.17, 15) is 43.2 Å². The maximum Gasteiger partial charge on any atom is 0.472 e. The Hall–Kier alpha value is -1.94. The molecule has 0 aromatic carbocycles. The standard InChI is InChI=1S/C59H114O17P2/c1-7-10-12-14-21-29-35-41-56(61)69-47-54(75-58(63)43-37-31-22-15-13-11-8-2)49-73-77(65,66)71-45-53(60)46-72-78(67,68)74-50-55(48-70-57(62)42-36-30-26-20-23-27-33-39-51(4)5)76-59(64)44-38-32-25-19-17-16-18-24-28-34-40-52(6)9-3/h51-55,60H,7-50H2,1-6H3,(H,65,66)(H,67,68)/t52?,53-,54+,55+/m0/s1. The van der Waals surface area contributed by atoms with Gasteiger partial charge in [0.05, 0.1) is 26.4 Å². The number of carbonyl (C=O) groups is 4. The highest BCUT2D eigenvalue weighted by molar-refractivity contribution is 7.47. The van der Waals surface area contributed by atoms with Crippen molar-refractivity contribution in [2.24, 2.45) is 11.8 Å². The molecule has 0 saturated carbocycles. The van der Waals surface area contributed by atoms with Gasteiger partial charge in [-0.05, 0) is 37.5 Å². The molecular weight excluding hydrogens is 1040 g/mol. The zero-order valence-corrected chi connectivity index (χ0v) is 51.7. The van der Waals surface area contributed by atoms with Crippen LogP contribution in [0.2, 0.25) is 0 Å². The minimum Gasteiger partial charge on any atom is -0.462 e. The summed E-state index contributed by atoms with van der Waals surface area (Å²) in [7, 11) is -9.87. The molecule has 0 radical (unpaired) electrons. The average Bonchev–Trinajstić information content (AvgIpc) is 3.40. The normalized spacial score (nSPS) is 14.8. The van der Waals surface area contributed by atoms with Crippen LogP contribution < -0.4 is 0 Å². The highest BCUT2D eigenvalue weighted by atomic mass is 31.2. The van der Waals surface area contributed by atoms with E-state index in [-0.39, 0.29) is 25.7 Å². The molecule has 0 aromatic rings. The molecule has 0 saturated heterocycles. The summed E-state index contributed by atoms with van der Waals surface area (Å²) in [6.07, 6.45) is 32.3. The summed E-state index contributed by atoms with van der Waals surface area (Å²) in [6.45, 7) is 9.34. The van der Waals surface area contributed by atoms with Crippen molar-refractivity contribution in [3.63, 3.8) is 0 Å². The van der Waals surface area contributed by atoms with Crippen LogP contribution in [0.15, 0.2) is 0 Å². The monoisotopic (exact) mass is 1160 g/mol. The van der Waals surface area contributed by atoms with Crippen LogP contribution >= 0.6 is 15.6 Å². The smallest absolute Gasteiger partial charge is 0.462 e. The molecule has 0 aliphatic carbocycles. The van der Waals surface area contributed by atoms with E-state index in [2.05, 4.69) is 41.5 Å². The van der Waals surface area contributed by atoms with Crippen molar-refractivity contribution in [3.8, 4) is 0 Å². The summed E-state index contributed by atoms with van der Waals surface area (Å²) in [5.41, 5.74) is 0. The summed E-state index contributed by atoms with van der Waals surface area (Å²) in [5, 5.41) is 10.5. The van der Waals surface area contributed by atoms with Gasteiger partial charge < -0.3 is 33.8 Å². The average molecular weight is 1160 g/mol. The SMILES string of the molecule is CCCCCCCCCC(=O)OC[C@H](COP(=O)(O)OC[C@H](O)COP(=O)(O)OC[C@@H](COC(=O)CCCCCCCCCC(C)C)OC(=O)CCCCCCCCCCCCC(C)CC)OC(=O)CCCCCCCCC. The van der Waals surface area contributed by atoms with E-state index < -0.39 is 97.5 Å². The first-order valence-electron chi connectivity index (χ1n) is 31.0. The molecule has 0 aromatic heterocycles. The van der Waals surface area contributed by atoms with Crippen molar-refractivity contribution in [1.82, 2.24) is 0 Å². The number of ether oxygens (including phenoxy) is 4. The van der Waals surface area contributed by atoms with Crippen molar-refractivity contribution in [1.29, 1.82) is 0 Å². The number of hydrogen-bond donors (Lipinski definition) is 3. The van der Waals surface area contributed by atoms with Crippen molar-refractivity contribution in [3.05, 3.63) is 0 Å². The van der Waals surface area contributed by atoms with Crippen LogP contribution in [0.4, 0.5) is 0 Å². The maximum absolute atomic E-state index is 12.9. The molecule has 0 bridgehead atoms. The Morgan fingerprint density at radius 1 is 0.372 bits per heavy atom. The van der Waals surface area contributed by atoms with Crippen LogP contribution in [0.3, 0.4) is 0 Å². The third kappa shape index (κ3) is 52.2. The lowest BCUT2D eigenvalue weighted by molar-refractivity contribution is -0.161. The van der Waals surface area contributed by atoms with Gasteiger partial charge in [-0.15, -0.1) is 0 Å². The third-order valence-corrected chi connectivity index (χ3v) is 15.7. The van der Waals surface area contributed by atoms with E-state index in [0.717, 1.165) is 128 Å². The number of aliphatic hydroxyl groups is 1. The van der Waals surface area contributed by atoms with Gasteiger partial charge in [-0.1, -0.05) is 234 Å². The number of carbonyl (C=O) groups excluding carboxylic acids is 4. The molecule has 0 fully saturated rings. The Kier molecular flexibility index (Phi) is 50.6. The van der Waals surface area contributed by atoms with Gasteiger partial charge in [0.2, 0.25) is 0 Å². The second kappa shape index (κ2) is 51.9. The first-order valence-corrected chi connectivity index (χ1v) is 34.0. The van der Waals surface area contributed by atoms with Crippen molar-refractivity contribution in [2.45, 2.75) is 304 Å². The highest BCUT2D eigenvalue weighted by Crippen LogP contribution is 2.45. The molecular formula is C59H114O17P2. The summed E-state index contributed by atoms with van der Waals surface area (Å²) in [5.74, 6) is -0.642. The van der Waals surface area contributed by atoms with Crippen molar-refractivity contribution in [2.75, 3.05) is 39.6 Å². The molecule has 78 heavy (non-hydrogen) atoms. The van der Waals surface area contributed by atoms with Gasteiger partial charge in [-0.3, -0.25) is 37.3 Å². The zero-order chi connectivity index (χ0) is 58.0. The van der Waals surface area contributed by atoms with Gasteiger partial charge in [0, 0.05) is 25.7 Å². The molecule has 0 rings (SSSR count). The Morgan fingerprint density at radius 2 is 0.654 bits per heavy atom. The summed E-state index contributed by atoms with van der Waals surface area (Å²) in [4.78, 5) is 71.7. The van der Waals surface area contributed by atoms with E-state index in [4.69, 9.17) is 37.0 Å². The molecule has 19 heteroatoms. The van der Waals surface area contributed by atoms with E-state index >= 15 is 0 Å². The fourth-order valence-electron chi connectivity index (χ4n) is 8.61. The van der Waals surface area contributed by atoms with Crippen LogP contribution in [0, 0.1) is 11.8 Å². The predicted octanol–water partition coefficient (Wildman–Crippen LogP) is 15.7. The van der Waals surface area contributed by atoms with Gasteiger partial charge in [0.25, 0.3) is 0 Å². The molecule has 3 unspecified atom stereocenters. The van der Waals surface area contributed by atoms with Crippen molar-refractivity contribution >= 4 is 39.5 Å². The topological polar surface area (TPSA) is 237 Å². The minimum atomic E-state index is -4.94. The third-order valence-electron chi connectivity index (χ3n) is 13.8. The Labute approximate surface area is 473 Å². The lowest BCUT2D eigenvalue weighted by Gasteiger charge is -2.21. The van der Waals surface area contributed by atoms with Crippen LogP contribution in [0.1, 0.15) is 286 Å². The van der Waals surface area contributed by atoms with E-state index in [1.165, 1.54) is 70.6 Å². The lowest BCUT2D eigenvalue weighted by atomic mass is 9.99. The molecule has 462 valence electrons. The van der Waals surface area contributed by atoms with Gasteiger partial charge in [-0.25, -0.2) is 9.13 Å². The van der Waals surface area contributed by atoms with E-state index in [1.54, 1.807) is 0 Å². The highest BCUT2D eigenvalue weighted by Gasteiger charge is 2.30. The summed E-state index contributed by atoms with van der Waals surface area (Å²) in [6, 6.07) is 0. The second-order valence-electron chi connectivity index (χ2n) is 22.1. The zero-order valence-electron chi connectivity index (χ0n) is 50.0. The lowest BCUT2D eigenvalue weighted by Crippen LogP contribution is -2.30. The molecule has 17 nitrogen and oxygen atoms in total. The number of hydrogen-bond acceptors (Lipinski definition) is 15. The van der Waals surface area contributed by atoms with Crippen LogP contribution in [-0.4, -0.2) is 96.7 Å². The molecule has 0 aliphatic heterocycles. The van der Waals surface area contributed by atoms with Crippen LogP contribution in [-0.2, 0) is 65.4 Å². The largest absolute Gasteiger partial charge is 0.472 e. The van der Waals surface area contributed by atoms with E-state index in [0.29, 0.717) is 31.6 Å². The second-order valence-corrected chi connectivity index (χ2v) is 25.0. The predicted molar refractivity (Wildman–Crippen MR) is 308 cm³/mol. The Bertz CT molecular complexity index is 1550. The summed E-state index contributed by atoms with van der Waals surface area (Å²) < 4.78 is 67.6. The molecule has 0 heterocycles. The fourth-order valence-corrected chi connectivity index (χ4v) is 10.2. The van der Waals surface area contributed by atoms with E-state index in [1.807, 2.05) is 0 Å². The van der Waals surface area contributed by atoms with Gasteiger partial charge in [-0.2, -0.15) is 0 Å². The molecule has 6 atom stereocenters. The molecule has 0 amide bonds. The summed E-state index contributed by atoms with van der Waals surface area (Å²) >= 11 is 0. The maximum atomic E-state index is 12.9. The van der Waals surface area contributed by atoms with Gasteiger partial charge in [0.1, 0.15) is 19.3 Å². The Balaban J connectivity index is 5.20. The number of rotatable bonds is 58. The molecule has 3 N–H and O–H groups in total.